The van der Waals surface area contributed by atoms with E-state index in [-0.39, 0.29) is 0 Å². The zero-order chi connectivity index (χ0) is 7.28. The van der Waals surface area contributed by atoms with Crippen LogP contribution in [-0.4, -0.2) is 24.6 Å². The lowest BCUT2D eigenvalue weighted by molar-refractivity contribution is 0.161. The molecule has 0 radical (unpaired) electrons. The molecular formula is C7H18N2. The van der Waals surface area contributed by atoms with Crippen LogP contribution in [0.3, 0.4) is 0 Å². The molecule has 0 aromatic rings. The fourth-order valence-corrected chi connectivity index (χ4v) is 0.869. The number of hydrazine groups is 1. The van der Waals surface area contributed by atoms with Gasteiger partial charge in [0.1, 0.15) is 0 Å². The van der Waals surface area contributed by atoms with Crippen LogP contribution in [0.1, 0.15) is 27.2 Å². The third-order valence-electron chi connectivity index (χ3n) is 1.38. The van der Waals surface area contributed by atoms with Crippen LogP contribution in [0.4, 0.5) is 0 Å². The number of hydrogen-bond donors (Lipinski definition) is 1. The molecule has 0 aliphatic rings. The first-order chi connectivity index (χ1) is 4.22. The van der Waals surface area contributed by atoms with Crippen molar-refractivity contribution in [1.82, 2.24) is 10.4 Å². The highest BCUT2D eigenvalue weighted by Gasteiger charge is 2.02. The Morgan fingerprint density at radius 3 is 2.11 bits per heavy atom. The third kappa shape index (κ3) is 3.49. The third-order valence-corrected chi connectivity index (χ3v) is 1.38. The van der Waals surface area contributed by atoms with Gasteiger partial charge in [-0.25, -0.2) is 5.01 Å². The summed E-state index contributed by atoms with van der Waals surface area (Å²) in [5, 5.41) is 2.22. The van der Waals surface area contributed by atoms with Crippen LogP contribution in [0.5, 0.6) is 0 Å². The van der Waals surface area contributed by atoms with Gasteiger partial charge in [0, 0.05) is 12.6 Å². The quantitative estimate of drug-likeness (QED) is 0.576. The molecule has 0 atom stereocenters. The predicted octanol–water partition coefficient (Wildman–Crippen LogP) is 1.24. The predicted molar refractivity (Wildman–Crippen MR) is 41.2 cm³/mol. The highest BCUT2D eigenvalue weighted by atomic mass is 15.5. The molecule has 0 rings (SSSR count). The largest absolute Gasteiger partial charge is 0.258 e. The van der Waals surface area contributed by atoms with E-state index < -0.39 is 0 Å². The number of nitrogens with zero attached hydrogens (tertiary/aromatic N) is 1. The van der Waals surface area contributed by atoms with Gasteiger partial charge in [0.05, 0.1) is 0 Å². The summed E-state index contributed by atoms with van der Waals surface area (Å²) < 4.78 is 0. The SMILES string of the molecule is CCCN(NC)C(C)C. The molecule has 0 amide bonds. The van der Waals surface area contributed by atoms with E-state index in [1.165, 1.54) is 6.42 Å². The summed E-state index contributed by atoms with van der Waals surface area (Å²) in [6.07, 6.45) is 1.21. The van der Waals surface area contributed by atoms with Gasteiger partial charge < -0.3 is 0 Å². The summed E-state index contributed by atoms with van der Waals surface area (Å²) in [5.74, 6) is 0. The van der Waals surface area contributed by atoms with E-state index >= 15 is 0 Å². The van der Waals surface area contributed by atoms with Crippen molar-refractivity contribution in [2.24, 2.45) is 0 Å². The zero-order valence-corrected chi connectivity index (χ0v) is 6.94. The topological polar surface area (TPSA) is 15.3 Å². The van der Waals surface area contributed by atoms with Gasteiger partial charge in [0.15, 0.2) is 0 Å². The van der Waals surface area contributed by atoms with Gasteiger partial charge in [-0.15, -0.1) is 0 Å². The molecule has 0 aromatic carbocycles. The molecule has 0 fully saturated rings. The maximum Gasteiger partial charge on any atom is 0.0186 e. The number of hydrogen-bond acceptors (Lipinski definition) is 2. The van der Waals surface area contributed by atoms with E-state index in [4.69, 9.17) is 0 Å². The number of nitrogens with one attached hydrogen (secondary N) is 1. The molecule has 0 spiro atoms. The Bertz CT molecular complexity index is 61.9. The second-order valence-corrected chi connectivity index (χ2v) is 2.51. The van der Waals surface area contributed by atoms with Crippen LogP contribution in [-0.2, 0) is 0 Å². The normalized spacial score (nSPS) is 11.3. The Morgan fingerprint density at radius 1 is 1.44 bits per heavy atom. The average molecular weight is 130 g/mol. The Kier molecular flexibility index (Phi) is 4.72. The van der Waals surface area contributed by atoms with Crippen molar-refractivity contribution in [2.75, 3.05) is 13.6 Å². The van der Waals surface area contributed by atoms with Gasteiger partial charge >= 0.3 is 0 Å². The molecule has 0 aliphatic heterocycles. The summed E-state index contributed by atoms with van der Waals surface area (Å²) >= 11 is 0. The van der Waals surface area contributed by atoms with E-state index in [0.717, 1.165) is 6.54 Å². The van der Waals surface area contributed by atoms with Crippen molar-refractivity contribution in [3.8, 4) is 0 Å². The molecule has 2 heteroatoms. The first kappa shape index (κ1) is 8.92. The van der Waals surface area contributed by atoms with Crippen molar-refractivity contribution in [2.45, 2.75) is 33.2 Å². The van der Waals surface area contributed by atoms with E-state index in [1.807, 2.05) is 7.05 Å². The van der Waals surface area contributed by atoms with Gasteiger partial charge in [0.25, 0.3) is 0 Å². The van der Waals surface area contributed by atoms with Gasteiger partial charge in [-0.2, -0.15) is 0 Å². The van der Waals surface area contributed by atoms with Crippen LogP contribution in [0, 0.1) is 0 Å². The fourth-order valence-electron chi connectivity index (χ4n) is 0.869. The van der Waals surface area contributed by atoms with E-state index in [2.05, 4.69) is 31.2 Å². The summed E-state index contributed by atoms with van der Waals surface area (Å²) in [6.45, 7) is 7.69. The minimum Gasteiger partial charge on any atom is -0.258 e. The summed E-state index contributed by atoms with van der Waals surface area (Å²) in [4.78, 5) is 0. The Hall–Kier alpha value is -0.0800. The van der Waals surface area contributed by atoms with E-state index in [9.17, 15) is 0 Å². The van der Waals surface area contributed by atoms with E-state index in [1.54, 1.807) is 0 Å². The smallest absolute Gasteiger partial charge is 0.0186 e. The molecule has 0 aliphatic carbocycles. The van der Waals surface area contributed by atoms with Crippen LogP contribution in [0.15, 0.2) is 0 Å². The lowest BCUT2D eigenvalue weighted by Gasteiger charge is -2.24. The van der Waals surface area contributed by atoms with Gasteiger partial charge in [0.2, 0.25) is 0 Å². The fraction of sp³-hybridized carbons (Fsp3) is 1.00. The van der Waals surface area contributed by atoms with Crippen LogP contribution in [0.25, 0.3) is 0 Å². The Morgan fingerprint density at radius 2 is 2.00 bits per heavy atom. The molecular weight excluding hydrogens is 112 g/mol. The summed E-state index contributed by atoms with van der Waals surface area (Å²) in [6, 6.07) is 0.606. The van der Waals surface area contributed by atoms with Crippen molar-refractivity contribution >= 4 is 0 Å². The van der Waals surface area contributed by atoms with Crippen LogP contribution in [0.2, 0.25) is 0 Å². The lowest BCUT2D eigenvalue weighted by atomic mass is 10.3. The van der Waals surface area contributed by atoms with E-state index in [0.29, 0.717) is 6.04 Å². The molecule has 0 bridgehead atoms. The van der Waals surface area contributed by atoms with Crippen molar-refractivity contribution in [3.05, 3.63) is 0 Å². The Labute approximate surface area is 58.2 Å². The highest BCUT2D eigenvalue weighted by molar-refractivity contribution is 4.53. The highest BCUT2D eigenvalue weighted by Crippen LogP contribution is 1.92. The molecule has 9 heavy (non-hydrogen) atoms. The van der Waals surface area contributed by atoms with Gasteiger partial charge in [-0.1, -0.05) is 6.92 Å². The molecule has 2 nitrogen and oxygen atoms in total. The molecule has 1 N–H and O–H groups in total. The maximum absolute atomic E-state index is 3.14. The first-order valence-corrected chi connectivity index (χ1v) is 3.66. The van der Waals surface area contributed by atoms with Gasteiger partial charge in [-0.05, 0) is 27.3 Å². The molecule has 0 unspecified atom stereocenters. The summed E-state index contributed by atoms with van der Waals surface area (Å²) in [5.41, 5.74) is 3.14. The molecule has 0 saturated carbocycles. The first-order valence-electron chi connectivity index (χ1n) is 3.66. The monoisotopic (exact) mass is 130 g/mol. The van der Waals surface area contributed by atoms with Crippen molar-refractivity contribution in [3.63, 3.8) is 0 Å². The van der Waals surface area contributed by atoms with Gasteiger partial charge in [-0.3, -0.25) is 5.43 Å². The molecule has 0 saturated heterocycles. The number of rotatable bonds is 4. The van der Waals surface area contributed by atoms with Crippen molar-refractivity contribution in [1.29, 1.82) is 0 Å². The summed E-state index contributed by atoms with van der Waals surface area (Å²) in [7, 11) is 1.97. The minimum atomic E-state index is 0.606. The van der Waals surface area contributed by atoms with Crippen molar-refractivity contribution < 1.29 is 0 Å². The van der Waals surface area contributed by atoms with Crippen LogP contribution < -0.4 is 5.43 Å². The molecule has 56 valence electrons. The molecule has 0 heterocycles. The maximum atomic E-state index is 3.14. The van der Waals surface area contributed by atoms with Crippen LogP contribution >= 0.6 is 0 Å². The minimum absolute atomic E-state index is 0.606. The Balaban J connectivity index is 3.41. The second-order valence-electron chi connectivity index (χ2n) is 2.51. The second kappa shape index (κ2) is 4.77. The average Bonchev–Trinajstić information content (AvgIpc) is 1.82. The molecule has 0 aromatic heterocycles. The zero-order valence-electron chi connectivity index (χ0n) is 6.94. The standard InChI is InChI=1S/C7H18N2/c1-5-6-9(8-4)7(2)3/h7-8H,5-6H2,1-4H3. The lowest BCUT2D eigenvalue weighted by Crippen LogP contribution is -2.40.